The van der Waals surface area contributed by atoms with Gasteiger partial charge in [0.25, 0.3) is 0 Å². The predicted octanol–water partition coefficient (Wildman–Crippen LogP) is 3.28. The summed E-state index contributed by atoms with van der Waals surface area (Å²) in [5.74, 6) is 1.29. The van der Waals surface area contributed by atoms with E-state index in [0.29, 0.717) is 18.2 Å². The lowest BCUT2D eigenvalue weighted by atomic mass is 10.1. The van der Waals surface area contributed by atoms with Crippen LogP contribution in [-0.4, -0.2) is 33.4 Å². The van der Waals surface area contributed by atoms with Gasteiger partial charge in [0.2, 0.25) is 0 Å². The molecule has 0 spiro atoms. The maximum Gasteiger partial charge on any atom is 0.162 e. The van der Waals surface area contributed by atoms with Crippen molar-refractivity contribution in [2.24, 2.45) is 5.92 Å². The number of aryl methyl sites for hydroxylation is 1. The molecule has 0 saturated heterocycles. The molecule has 2 aromatic rings. The highest BCUT2D eigenvalue weighted by Crippen LogP contribution is 2.30. The predicted molar refractivity (Wildman–Crippen MR) is 91.5 cm³/mol. The molecule has 0 aliphatic carbocycles. The standard InChI is InChI=1S/C18H27N3O2/c1-5-21-12-15(9-19-21)11-20(10-14(2)3)13-16-7-6-8-17(23-4)18(16)22/h6-9,12,14,22H,5,10-11,13H2,1-4H3. The van der Waals surface area contributed by atoms with Crippen molar-refractivity contribution < 1.29 is 9.84 Å². The first-order chi connectivity index (χ1) is 11.0. The molecule has 5 nitrogen and oxygen atoms in total. The summed E-state index contributed by atoms with van der Waals surface area (Å²) in [6, 6.07) is 5.63. The van der Waals surface area contributed by atoms with E-state index >= 15 is 0 Å². The minimum Gasteiger partial charge on any atom is -0.504 e. The molecule has 23 heavy (non-hydrogen) atoms. The van der Waals surface area contributed by atoms with Gasteiger partial charge < -0.3 is 9.84 Å². The maximum atomic E-state index is 10.3. The number of methoxy groups -OCH3 is 1. The fraction of sp³-hybridized carbons (Fsp3) is 0.500. The monoisotopic (exact) mass is 317 g/mol. The smallest absolute Gasteiger partial charge is 0.162 e. The fourth-order valence-corrected chi connectivity index (χ4v) is 2.72. The Morgan fingerprint density at radius 3 is 2.70 bits per heavy atom. The SMILES string of the molecule is CCn1cc(CN(Cc2cccc(OC)c2O)CC(C)C)cn1. The van der Waals surface area contributed by atoms with Gasteiger partial charge in [0.1, 0.15) is 0 Å². The summed E-state index contributed by atoms with van der Waals surface area (Å²) in [5.41, 5.74) is 2.07. The topological polar surface area (TPSA) is 50.5 Å². The van der Waals surface area contributed by atoms with Gasteiger partial charge in [-0.2, -0.15) is 5.10 Å². The molecule has 0 aliphatic rings. The van der Waals surface area contributed by atoms with E-state index in [1.165, 1.54) is 5.56 Å². The first-order valence-corrected chi connectivity index (χ1v) is 8.12. The summed E-state index contributed by atoms with van der Waals surface area (Å²) < 4.78 is 7.14. The van der Waals surface area contributed by atoms with E-state index in [4.69, 9.17) is 4.74 Å². The van der Waals surface area contributed by atoms with Gasteiger partial charge in [0.15, 0.2) is 11.5 Å². The Labute approximate surface area is 138 Å². The lowest BCUT2D eigenvalue weighted by Crippen LogP contribution is -2.27. The molecule has 1 heterocycles. The van der Waals surface area contributed by atoms with Crippen molar-refractivity contribution in [1.29, 1.82) is 0 Å². The summed E-state index contributed by atoms with van der Waals surface area (Å²) in [7, 11) is 1.57. The molecular weight excluding hydrogens is 290 g/mol. The van der Waals surface area contributed by atoms with Crippen molar-refractivity contribution in [3.63, 3.8) is 0 Å². The number of hydrogen-bond acceptors (Lipinski definition) is 4. The van der Waals surface area contributed by atoms with Crippen LogP contribution in [0.3, 0.4) is 0 Å². The number of aromatic nitrogens is 2. The van der Waals surface area contributed by atoms with Crippen LogP contribution in [0.25, 0.3) is 0 Å². The number of benzene rings is 1. The number of para-hydroxylation sites is 1. The third-order valence-electron chi connectivity index (χ3n) is 3.74. The van der Waals surface area contributed by atoms with Crippen LogP contribution in [0.1, 0.15) is 31.9 Å². The van der Waals surface area contributed by atoms with E-state index in [2.05, 4.69) is 37.0 Å². The van der Waals surface area contributed by atoms with E-state index in [-0.39, 0.29) is 5.75 Å². The maximum absolute atomic E-state index is 10.3. The fourth-order valence-electron chi connectivity index (χ4n) is 2.72. The number of aromatic hydroxyl groups is 1. The number of phenols is 1. The minimum atomic E-state index is 0.230. The largest absolute Gasteiger partial charge is 0.504 e. The lowest BCUT2D eigenvalue weighted by molar-refractivity contribution is 0.224. The van der Waals surface area contributed by atoms with Crippen molar-refractivity contribution in [2.45, 2.75) is 40.4 Å². The second kappa shape index (κ2) is 8.02. The van der Waals surface area contributed by atoms with E-state index in [1.807, 2.05) is 23.0 Å². The molecule has 0 amide bonds. The van der Waals surface area contributed by atoms with E-state index in [0.717, 1.165) is 25.2 Å². The highest BCUT2D eigenvalue weighted by atomic mass is 16.5. The van der Waals surface area contributed by atoms with Crippen LogP contribution in [0.2, 0.25) is 0 Å². The average Bonchev–Trinajstić information content (AvgIpc) is 2.96. The number of phenolic OH excluding ortho intramolecular Hbond substituents is 1. The summed E-state index contributed by atoms with van der Waals surface area (Å²) in [6.45, 7) is 9.81. The van der Waals surface area contributed by atoms with Gasteiger partial charge in [-0.1, -0.05) is 26.0 Å². The van der Waals surface area contributed by atoms with Gasteiger partial charge in [-0.25, -0.2) is 0 Å². The van der Waals surface area contributed by atoms with Crippen molar-refractivity contribution in [1.82, 2.24) is 14.7 Å². The summed E-state index contributed by atoms with van der Waals surface area (Å²) in [6.07, 6.45) is 4.00. The molecule has 0 radical (unpaired) electrons. The number of ether oxygens (including phenoxy) is 1. The zero-order valence-electron chi connectivity index (χ0n) is 14.5. The summed E-state index contributed by atoms with van der Waals surface area (Å²) >= 11 is 0. The van der Waals surface area contributed by atoms with Crippen LogP contribution < -0.4 is 4.74 Å². The van der Waals surface area contributed by atoms with Gasteiger partial charge >= 0.3 is 0 Å². The second-order valence-electron chi connectivity index (χ2n) is 6.24. The zero-order valence-corrected chi connectivity index (χ0v) is 14.5. The Kier molecular flexibility index (Phi) is 6.04. The zero-order chi connectivity index (χ0) is 16.8. The molecule has 0 atom stereocenters. The van der Waals surface area contributed by atoms with Gasteiger partial charge in [0, 0.05) is 43.5 Å². The third-order valence-corrected chi connectivity index (χ3v) is 3.74. The molecule has 1 aromatic carbocycles. The normalized spacial score (nSPS) is 11.4. The molecule has 5 heteroatoms. The van der Waals surface area contributed by atoms with E-state index in [1.54, 1.807) is 13.2 Å². The summed E-state index contributed by atoms with van der Waals surface area (Å²) in [4.78, 5) is 2.33. The quantitative estimate of drug-likeness (QED) is 0.812. The van der Waals surface area contributed by atoms with E-state index in [9.17, 15) is 5.11 Å². The Bertz CT molecular complexity index is 622. The molecule has 0 saturated carbocycles. The van der Waals surface area contributed by atoms with Crippen molar-refractivity contribution in [2.75, 3.05) is 13.7 Å². The Balaban J connectivity index is 2.15. The van der Waals surface area contributed by atoms with Crippen LogP contribution in [0.4, 0.5) is 0 Å². The Hall–Kier alpha value is -2.01. The second-order valence-corrected chi connectivity index (χ2v) is 6.24. The molecule has 0 fully saturated rings. The highest BCUT2D eigenvalue weighted by Gasteiger charge is 2.14. The Morgan fingerprint density at radius 1 is 1.30 bits per heavy atom. The van der Waals surface area contributed by atoms with Crippen LogP contribution in [0.5, 0.6) is 11.5 Å². The van der Waals surface area contributed by atoms with Crippen LogP contribution in [0, 0.1) is 5.92 Å². The lowest BCUT2D eigenvalue weighted by Gasteiger charge is -2.24. The van der Waals surface area contributed by atoms with Gasteiger partial charge in [0.05, 0.1) is 13.3 Å². The van der Waals surface area contributed by atoms with Gasteiger partial charge in [-0.3, -0.25) is 9.58 Å². The Morgan fingerprint density at radius 2 is 2.09 bits per heavy atom. The third kappa shape index (κ3) is 4.73. The van der Waals surface area contributed by atoms with Crippen molar-refractivity contribution >= 4 is 0 Å². The van der Waals surface area contributed by atoms with Crippen molar-refractivity contribution in [3.8, 4) is 11.5 Å². The molecule has 1 aromatic heterocycles. The first kappa shape index (κ1) is 17.3. The molecular formula is C18H27N3O2. The van der Waals surface area contributed by atoms with Crippen molar-refractivity contribution in [3.05, 3.63) is 41.7 Å². The number of nitrogens with zero attached hydrogens (tertiary/aromatic N) is 3. The number of hydrogen-bond donors (Lipinski definition) is 1. The van der Waals surface area contributed by atoms with Gasteiger partial charge in [-0.15, -0.1) is 0 Å². The minimum absolute atomic E-state index is 0.230. The molecule has 0 aliphatic heterocycles. The first-order valence-electron chi connectivity index (χ1n) is 8.12. The molecule has 2 rings (SSSR count). The molecule has 0 unspecified atom stereocenters. The van der Waals surface area contributed by atoms with E-state index < -0.39 is 0 Å². The van der Waals surface area contributed by atoms with Crippen LogP contribution in [0.15, 0.2) is 30.6 Å². The molecule has 0 bridgehead atoms. The molecule has 126 valence electrons. The average molecular weight is 317 g/mol. The van der Waals surface area contributed by atoms with Crippen LogP contribution in [-0.2, 0) is 19.6 Å². The number of rotatable bonds is 8. The van der Waals surface area contributed by atoms with Gasteiger partial charge in [-0.05, 0) is 18.9 Å². The summed E-state index contributed by atoms with van der Waals surface area (Å²) in [5, 5.41) is 14.7. The molecule has 1 N–H and O–H groups in total. The highest BCUT2D eigenvalue weighted by molar-refractivity contribution is 5.45. The van der Waals surface area contributed by atoms with Crippen LogP contribution >= 0.6 is 0 Å².